The van der Waals surface area contributed by atoms with Crippen molar-refractivity contribution in [2.45, 2.75) is 31.3 Å². The molecule has 2 aromatic heterocycles. The smallest absolute Gasteiger partial charge is 0.254 e. The molecule has 2 aromatic rings. The van der Waals surface area contributed by atoms with Gasteiger partial charge >= 0.3 is 0 Å². The van der Waals surface area contributed by atoms with E-state index in [1.54, 1.807) is 16.9 Å². The Hall–Kier alpha value is -2.52. The Balaban J connectivity index is 1.87. The van der Waals surface area contributed by atoms with Crippen molar-refractivity contribution in [3.63, 3.8) is 0 Å². The molecule has 2 heterocycles. The first-order valence-corrected chi connectivity index (χ1v) is 9.03. The normalized spacial score (nSPS) is 22.8. The number of primary amides is 1. The molecule has 1 saturated carbocycles. The van der Waals surface area contributed by atoms with Crippen molar-refractivity contribution in [3.05, 3.63) is 36.0 Å². The predicted molar refractivity (Wildman–Crippen MR) is 101 cm³/mol. The monoisotopic (exact) mass is 375 g/mol. The lowest BCUT2D eigenvalue weighted by molar-refractivity contribution is 0.1000. The fourth-order valence-electron chi connectivity index (χ4n) is 3.74. The van der Waals surface area contributed by atoms with Crippen LogP contribution < -0.4 is 16.8 Å². The molecule has 0 spiro atoms. The molecule has 9 heteroatoms. The molecule has 1 aliphatic rings. The zero-order chi connectivity index (χ0) is 19.6. The lowest BCUT2D eigenvalue weighted by Gasteiger charge is -2.38. The van der Waals surface area contributed by atoms with E-state index < -0.39 is 11.9 Å². The van der Waals surface area contributed by atoms with E-state index in [0.717, 1.165) is 19.3 Å². The summed E-state index contributed by atoms with van der Waals surface area (Å²) in [5.74, 6) is -0.661. The van der Waals surface area contributed by atoms with E-state index in [1.807, 2.05) is 0 Å². The quantitative estimate of drug-likeness (QED) is 0.659. The molecule has 1 fully saturated rings. The zero-order valence-electron chi connectivity index (χ0n) is 15.6. The van der Waals surface area contributed by atoms with Gasteiger partial charge in [-0.15, -0.1) is 0 Å². The molecule has 0 radical (unpaired) electrons. The molecule has 0 saturated heterocycles. The van der Waals surface area contributed by atoms with Gasteiger partial charge in [0, 0.05) is 30.2 Å². The summed E-state index contributed by atoms with van der Waals surface area (Å²) in [6.07, 6.45) is 5.90. The van der Waals surface area contributed by atoms with Gasteiger partial charge in [-0.2, -0.15) is 9.49 Å². The number of carbonyl (C=O) groups is 1. The van der Waals surface area contributed by atoms with E-state index in [2.05, 4.69) is 34.4 Å². The molecule has 1 aliphatic carbocycles. The minimum Gasteiger partial charge on any atom is -0.365 e. The van der Waals surface area contributed by atoms with Crippen LogP contribution in [-0.4, -0.2) is 52.3 Å². The number of amides is 1. The Morgan fingerprint density at radius 3 is 2.85 bits per heavy atom. The summed E-state index contributed by atoms with van der Waals surface area (Å²) in [6.45, 7) is 0.541. The van der Waals surface area contributed by atoms with E-state index >= 15 is 0 Å². The summed E-state index contributed by atoms with van der Waals surface area (Å²) in [6, 6.07) is 3.40. The number of rotatable bonds is 6. The van der Waals surface area contributed by atoms with Gasteiger partial charge in [-0.3, -0.25) is 9.48 Å². The fourth-order valence-corrected chi connectivity index (χ4v) is 3.74. The Morgan fingerprint density at radius 2 is 2.22 bits per heavy atom. The number of anilines is 2. The van der Waals surface area contributed by atoms with Crippen LogP contribution in [0.2, 0.25) is 0 Å². The summed E-state index contributed by atoms with van der Waals surface area (Å²) < 4.78 is 15.1. The SMILES string of the molecule is CN(C)[C@H]1CC[C@H](n2cc(C(N)=O)c(Nc3ccnc(F)c3)n2)[C@@H](CN)C1. The molecule has 3 atom stereocenters. The number of nitrogens with zero attached hydrogens (tertiary/aromatic N) is 4. The van der Waals surface area contributed by atoms with E-state index in [0.29, 0.717) is 24.1 Å². The van der Waals surface area contributed by atoms with Crippen molar-refractivity contribution in [2.75, 3.05) is 26.0 Å². The fraction of sp³-hybridized carbons (Fsp3) is 0.500. The van der Waals surface area contributed by atoms with Gasteiger partial charge in [-0.25, -0.2) is 4.98 Å². The second-order valence-corrected chi connectivity index (χ2v) is 7.22. The summed E-state index contributed by atoms with van der Waals surface area (Å²) in [5, 5.41) is 7.50. The van der Waals surface area contributed by atoms with Gasteiger partial charge in [-0.05, 0) is 51.9 Å². The first-order chi connectivity index (χ1) is 12.9. The maximum absolute atomic E-state index is 13.3. The van der Waals surface area contributed by atoms with Gasteiger partial charge < -0.3 is 21.7 Å². The zero-order valence-corrected chi connectivity index (χ0v) is 15.6. The van der Waals surface area contributed by atoms with Crippen LogP contribution >= 0.6 is 0 Å². The minimum absolute atomic E-state index is 0.0917. The number of nitrogens with one attached hydrogen (secondary N) is 1. The van der Waals surface area contributed by atoms with Gasteiger partial charge in [0.2, 0.25) is 5.95 Å². The highest BCUT2D eigenvalue weighted by Crippen LogP contribution is 2.36. The van der Waals surface area contributed by atoms with Crippen LogP contribution in [0.4, 0.5) is 15.9 Å². The number of carbonyl (C=O) groups excluding carboxylic acids is 1. The Morgan fingerprint density at radius 1 is 1.44 bits per heavy atom. The van der Waals surface area contributed by atoms with Gasteiger partial charge in [-0.1, -0.05) is 0 Å². The second-order valence-electron chi connectivity index (χ2n) is 7.22. The molecule has 0 aliphatic heterocycles. The molecule has 0 aromatic carbocycles. The van der Waals surface area contributed by atoms with Crippen molar-refractivity contribution in [1.29, 1.82) is 0 Å². The first kappa shape index (κ1) is 19.2. The summed E-state index contributed by atoms with van der Waals surface area (Å²) >= 11 is 0. The number of hydrogen-bond donors (Lipinski definition) is 3. The molecule has 1 amide bonds. The van der Waals surface area contributed by atoms with Gasteiger partial charge in [0.15, 0.2) is 5.82 Å². The molecule has 5 N–H and O–H groups in total. The maximum atomic E-state index is 13.3. The average molecular weight is 375 g/mol. The highest BCUT2D eigenvalue weighted by Gasteiger charge is 2.33. The lowest BCUT2D eigenvalue weighted by atomic mass is 9.81. The van der Waals surface area contributed by atoms with Crippen LogP contribution in [0.25, 0.3) is 0 Å². The van der Waals surface area contributed by atoms with Crippen LogP contribution in [0.5, 0.6) is 0 Å². The number of pyridine rings is 1. The van der Waals surface area contributed by atoms with Crippen LogP contribution in [0, 0.1) is 11.9 Å². The van der Waals surface area contributed by atoms with Crippen LogP contribution in [0.3, 0.4) is 0 Å². The average Bonchev–Trinajstić information content (AvgIpc) is 3.05. The highest BCUT2D eigenvalue weighted by atomic mass is 19.1. The molecular weight excluding hydrogens is 349 g/mol. The Kier molecular flexibility index (Phi) is 5.71. The molecule has 0 unspecified atom stereocenters. The number of aromatic nitrogens is 3. The van der Waals surface area contributed by atoms with E-state index in [9.17, 15) is 9.18 Å². The van der Waals surface area contributed by atoms with Gasteiger partial charge in [0.1, 0.15) is 5.56 Å². The molecule has 8 nitrogen and oxygen atoms in total. The Bertz CT molecular complexity index is 807. The molecule has 0 bridgehead atoms. The van der Waals surface area contributed by atoms with E-state index in [1.165, 1.54) is 12.3 Å². The number of hydrogen-bond acceptors (Lipinski definition) is 6. The highest BCUT2D eigenvalue weighted by molar-refractivity contribution is 5.98. The maximum Gasteiger partial charge on any atom is 0.254 e. The number of nitrogens with two attached hydrogens (primary N) is 2. The van der Waals surface area contributed by atoms with Crippen molar-refractivity contribution in [2.24, 2.45) is 17.4 Å². The lowest BCUT2D eigenvalue weighted by Crippen LogP contribution is -2.40. The van der Waals surface area contributed by atoms with Crippen LogP contribution in [0.1, 0.15) is 35.7 Å². The van der Waals surface area contributed by atoms with Crippen LogP contribution in [0.15, 0.2) is 24.5 Å². The molecule has 3 rings (SSSR count). The van der Waals surface area contributed by atoms with Crippen molar-refractivity contribution >= 4 is 17.4 Å². The third-order valence-electron chi connectivity index (χ3n) is 5.27. The summed E-state index contributed by atoms with van der Waals surface area (Å²) in [4.78, 5) is 17.6. The minimum atomic E-state index is -0.620. The third kappa shape index (κ3) is 4.25. The second kappa shape index (κ2) is 8.01. The summed E-state index contributed by atoms with van der Waals surface area (Å²) in [5.41, 5.74) is 12.3. The van der Waals surface area contributed by atoms with Gasteiger partial charge in [0.05, 0.1) is 6.04 Å². The van der Waals surface area contributed by atoms with Gasteiger partial charge in [0.25, 0.3) is 5.91 Å². The predicted octanol–water partition coefficient (Wildman–Crippen LogP) is 1.49. The topological polar surface area (TPSA) is 115 Å². The van der Waals surface area contributed by atoms with Crippen molar-refractivity contribution in [1.82, 2.24) is 19.7 Å². The largest absolute Gasteiger partial charge is 0.365 e. The molecular formula is C18H26FN7O. The van der Waals surface area contributed by atoms with Crippen LogP contribution in [-0.2, 0) is 0 Å². The summed E-state index contributed by atoms with van der Waals surface area (Å²) in [7, 11) is 4.15. The third-order valence-corrected chi connectivity index (χ3v) is 5.27. The molecule has 146 valence electrons. The number of halogens is 1. The first-order valence-electron chi connectivity index (χ1n) is 9.03. The Labute approximate surface area is 157 Å². The van der Waals surface area contributed by atoms with E-state index in [4.69, 9.17) is 11.5 Å². The van der Waals surface area contributed by atoms with E-state index in [-0.39, 0.29) is 17.5 Å². The molecule has 27 heavy (non-hydrogen) atoms. The standard InChI is InChI=1S/C18H26FN7O/c1-25(2)13-3-4-15(11(7-13)9-20)26-10-14(17(21)27)18(24-26)23-12-5-6-22-16(19)8-12/h5-6,8,10-11,13,15H,3-4,7,9,20H2,1-2H3,(H2,21,27)(H,22,23,24)/t11-,13+,15+/m1/s1. The van der Waals surface area contributed by atoms with Crippen molar-refractivity contribution in [3.8, 4) is 0 Å². The van der Waals surface area contributed by atoms with Crippen molar-refractivity contribution < 1.29 is 9.18 Å².